The number of nitrogens with zero attached hydrogens (tertiary/aromatic N) is 2. The predicted molar refractivity (Wildman–Crippen MR) is 130 cm³/mol. The molecular formula is C26H20Cl2F3N3O2. The summed E-state index contributed by atoms with van der Waals surface area (Å²) in [7, 11) is 0. The van der Waals surface area contributed by atoms with Crippen molar-refractivity contribution < 1.29 is 22.8 Å². The van der Waals surface area contributed by atoms with Crippen LogP contribution in [0.1, 0.15) is 51.1 Å². The lowest BCUT2D eigenvalue weighted by Crippen LogP contribution is -2.42. The van der Waals surface area contributed by atoms with E-state index in [1.807, 2.05) is 12.1 Å². The molecule has 1 unspecified atom stereocenters. The Morgan fingerprint density at radius 2 is 1.81 bits per heavy atom. The predicted octanol–water partition coefficient (Wildman–Crippen LogP) is 6.39. The smallest absolute Gasteiger partial charge is 0.374 e. The maximum Gasteiger partial charge on any atom is 0.435 e. The number of pyridine rings is 1. The van der Waals surface area contributed by atoms with Gasteiger partial charge in [-0.15, -0.1) is 0 Å². The number of benzene rings is 2. The Balaban J connectivity index is 1.44. The van der Waals surface area contributed by atoms with Gasteiger partial charge in [0.15, 0.2) is 0 Å². The van der Waals surface area contributed by atoms with Crippen LogP contribution in [-0.2, 0) is 29.8 Å². The maximum atomic E-state index is 14.4. The van der Waals surface area contributed by atoms with Crippen molar-refractivity contribution in [3.8, 4) is 0 Å². The van der Waals surface area contributed by atoms with Crippen LogP contribution < -0.4 is 5.32 Å². The fourth-order valence-electron chi connectivity index (χ4n) is 4.79. The van der Waals surface area contributed by atoms with Gasteiger partial charge >= 0.3 is 6.18 Å². The van der Waals surface area contributed by atoms with Crippen LogP contribution in [-0.4, -0.2) is 22.8 Å². The Bertz CT molecular complexity index is 1340. The van der Waals surface area contributed by atoms with E-state index in [1.54, 1.807) is 24.4 Å². The van der Waals surface area contributed by atoms with Crippen LogP contribution in [0.25, 0.3) is 0 Å². The van der Waals surface area contributed by atoms with Crippen molar-refractivity contribution in [1.82, 2.24) is 10.3 Å². The lowest BCUT2D eigenvalue weighted by molar-refractivity contribution is -0.275. The van der Waals surface area contributed by atoms with Gasteiger partial charge in [0.1, 0.15) is 0 Å². The van der Waals surface area contributed by atoms with Crippen molar-refractivity contribution in [3.63, 3.8) is 0 Å². The number of amides is 1. The van der Waals surface area contributed by atoms with Gasteiger partial charge in [0, 0.05) is 39.4 Å². The minimum absolute atomic E-state index is 0.0696. The number of carbonyl (C=O) groups excluding carboxylic acids is 1. The molecule has 2 heterocycles. The fraction of sp³-hybridized carbons (Fsp3) is 0.269. The third-order valence-electron chi connectivity index (χ3n) is 6.51. The normalized spacial score (nSPS) is 19.0. The molecule has 1 amide bonds. The summed E-state index contributed by atoms with van der Waals surface area (Å²) in [6.07, 6.45) is -1.59. The number of alkyl halides is 3. The topological polar surface area (TPSA) is 63.6 Å². The minimum Gasteiger partial charge on any atom is -0.374 e. The van der Waals surface area contributed by atoms with E-state index in [9.17, 15) is 18.0 Å². The zero-order valence-electron chi connectivity index (χ0n) is 18.8. The quantitative estimate of drug-likeness (QED) is 0.413. The Morgan fingerprint density at radius 1 is 1.06 bits per heavy atom. The van der Waals surface area contributed by atoms with E-state index in [-0.39, 0.29) is 33.8 Å². The average Bonchev–Trinajstić information content (AvgIpc) is 3.50. The van der Waals surface area contributed by atoms with Gasteiger partial charge in [-0.25, -0.2) is 0 Å². The summed E-state index contributed by atoms with van der Waals surface area (Å²) in [5, 5.41) is 6.90. The third-order valence-corrected chi connectivity index (χ3v) is 6.95. The van der Waals surface area contributed by atoms with Crippen molar-refractivity contribution in [1.29, 1.82) is 0 Å². The number of carbonyl (C=O) groups is 1. The summed E-state index contributed by atoms with van der Waals surface area (Å²) in [4.78, 5) is 22.3. The van der Waals surface area contributed by atoms with Crippen LogP contribution in [0.5, 0.6) is 0 Å². The Hall–Kier alpha value is -3.10. The van der Waals surface area contributed by atoms with Gasteiger partial charge in [-0.3, -0.25) is 9.78 Å². The zero-order chi connectivity index (χ0) is 25.5. The van der Waals surface area contributed by atoms with E-state index in [4.69, 9.17) is 28.0 Å². The number of hydrogen-bond acceptors (Lipinski definition) is 4. The molecule has 1 aliphatic heterocycles. The molecule has 1 atom stereocenters. The average molecular weight is 534 g/mol. The molecule has 10 heteroatoms. The number of aromatic nitrogens is 1. The van der Waals surface area contributed by atoms with E-state index in [0.717, 1.165) is 23.2 Å². The number of oxime groups is 1. The lowest BCUT2D eigenvalue weighted by atomic mass is 9.84. The van der Waals surface area contributed by atoms with E-state index in [0.29, 0.717) is 24.0 Å². The molecule has 1 aliphatic carbocycles. The van der Waals surface area contributed by atoms with Crippen LogP contribution in [0, 0.1) is 0 Å². The van der Waals surface area contributed by atoms with Crippen LogP contribution in [0.3, 0.4) is 0 Å². The molecule has 5 nitrogen and oxygen atoms in total. The molecule has 36 heavy (non-hydrogen) atoms. The fourth-order valence-corrected chi connectivity index (χ4v) is 5.32. The van der Waals surface area contributed by atoms with Crippen molar-refractivity contribution in [2.45, 2.75) is 44.0 Å². The highest BCUT2D eigenvalue weighted by Crippen LogP contribution is 2.50. The largest absolute Gasteiger partial charge is 0.435 e. The number of hydrogen-bond donors (Lipinski definition) is 1. The summed E-state index contributed by atoms with van der Waals surface area (Å²) in [6, 6.07) is 12.5. The van der Waals surface area contributed by atoms with Crippen molar-refractivity contribution in [2.24, 2.45) is 5.16 Å². The second-order valence-electron chi connectivity index (χ2n) is 8.76. The number of fused-ring (bicyclic) bond motifs is 1. The molecule has 2 aliphatic rings. The Morgan fingerprint density at radius 3 is 2.50 bits per heavy atom. The van der Waals surface area contributed by atoms with Gasteiger partial charge in [-0.05, 0) is 66.8 Å². The van der Waals surface area contributed by atoms with E-state index in [1.165, 1.54) is 18.2 Å². The molecule has 0 saturated carbocycles. The summed E-state index contributed by atoms with van der Waals surface area (Å²) >= 11 is 12.0. The van der Waals surface area contributed by atoms with Gasteiger partial charge in [-0.1, -0.05) is 40.5 Å². The highest BCUT2D eigenvalue weighted by atomic mass is 35.5. The van der Waals surface area contributed by atoms with E-state index in [2.05, 4.69) is 15.5 Å². The number of nitrogens with one attached hydrogen (secondary N) is 1. The summed E-state index contributed by atoms with van der Waals surface area (Å²) in [6.45, 7) is 0.271. The highest BCUT2D eigenvalue weighted by molar-refractivity contribution is 6.34. The second-order valence-corrected chi connectivity index (χ2v) is 9.64. The van der Waals surface area contributed by atoms with Crippen molar-refractivity contribution in [2.75, 3.05) is 0 Å². The molecule has 0 spiro atoms. The van der Waals surface area contributed by atoms with Crippen LogP contribution in [0.4, 0.5) is 13.2 Å². The molecule has 0 bridgehead atoms. The zero-order valence-corrected chi connectivity index (χ0v) is 20.3. The monoisotopic (exact) mass is 533 g/mol. The van der Waals surface area contributed by atoms with Gasteiger partial charge in [-0.2, -0.15) is 13.2 Å². The molecular weight excluding hydrogens is 514 g/mol. The number of rotatable bonds is 5. The first-order valence-corrected chi connectivity index (χ1v) is 12.0. The van der Waals surface area contributed by atoms with E-state index >= 15 is 0 Å². The summed E-state index contributed by atoms with van der Waals surface area (Å²) < 4.78 is 43.1. The van der Waals surface area contributed by atoms with Crippen molar-refractivity contribution in [3.05, 3.63) is 98.3 Å². The number of halogens is 5. The van der Waals surface area contributed by atoms with Crippen LogP contribution >= 0.6 is 23.2 Å². The molecule has 3 aromatic rings. The lowest BCUT2D eigenvalue weighted by Gasteiger charge is -2.29. The molecule has 0 radical (unpaired) electrons. The third kappa shape index (κ3) is 4.44. The molecule has 1 N–H and O–H groups in total. The van der Waals surface area contributed by atoms with Gasteiger partial charge in [0.2, 0.25) is 0 Å². The standard InChI is InChI=1S/C26H20Cl2F3N3O2/c27-16-10-15(11-17(28)12-16)25(26(29,30)31)13-23(34-36-25)21-7-8-22(20-6-3-5-19(20)21)24(35)33-14-18-4-1-2-9-32-18/h1-2,4,7-12H,3,5-6,13-14H2,(H,33,35). The molecule has 1 aromatic heterocycles. The van der Waals surface area contributed by atoms with Crippen LogP contribution in [0.15, 0.2) is 59.9 Å². The van der Waals surface area contributed by atoms with Crippen LogP contribution in [0.2, 0.25) is 10.0 Å². The van der Waals surface area contributed by atoms with Crippen molar-refractivity contribution >= 4 is 34.8 Å². The maximum absolute atomic E-state index is 14.4. The molecule has 5 rings (SSSR count). The van der Waals surface area contributed by atoms with E-state index < -0.39 is 18.2 Å². The summed E-state index contributed by atoms with van der Waals surface area (Å²) in [5.74, 6) is -0.256. The van der Waals surface area contributed by atoms with Gasteiger partial charge < -0.3 is 10.2 Å². The van der Waals surface area contributed by atoms with Gasteiger partial charge in [0.05, 0.1) is 18.0 Å². The molecule has 186 valence electrons. The first-order chi connectivity index (χ1) is 17.2. The first-order valence-electron chi connectivity index (χ1n) is 11.3. The Labute approximate surface area is 215 Å². The minimum atomic E-state index is -4.78. The first kappa shape index (κ1) is 24.6. The molecule has 2 aromatic carbocycles. The molecule has 0 saturated heterocycles. The SMILES string of the molecule is O=C(NCc1ccccn1)c1ccc(C2=NOC(c3cc(Cl)cc(Cl)c3)(C(F)(F)F)C2)c2c1CCC2. The highest BCUT2D eigenvalue weighted by Gasteiger charge is 2.62. The Kier molecular flexibility index (Phi) is 6.43. The molecule has 0 fully saturated rings. The van der Waals surface area contributed by atoms with Gasteiger partial charge in [0.25, 0.3) is 11.5 Å². The second kappa shape index (κ2) is 9.41. The summed E-state index contributed by atoms with van der Waals surface area (Å²) in [5.41, 5.74) is 0.681.